The maximum Gasteiger partial charge on any atom is 0.423 e. The van der Waals surface area contributed by atoms with Crippen LogP contribution in [-0.2, 0) is 5.54 Å². The van der Waals surface area contributed by atoms with Gasteiger partial charge in [-0.2, -0.15) is 4.90 Å². The molecular formula is C15H14FN3O6S. The standard InChI is InChI=1S/C15H14FN3O6S/c16-11-4-3-9(19(24)25)6-10(11)15-5-1-2-8(15)7-26-12(17-15)18(13(20)21)14(22)23/h3-4,6,8H,1-2,5,7H2,(H,20,21)(H,22,23)/t8-,15-/m0/s1. The first-order chi connectivity index (χ1) is 12.3. The highest BCUT2D eigenvalue weighted by Gasteiger charge is 2.50. The van der Waals surface area contributed by atoms with E-state index in [1.54, 1.807) is 0 Å². The van der Waals surface area contributed by atoms with Gasteiger partial charge in [0.2, 0.25) is 0 Å². The lowest BCUT2D eigenvalue weighted by atomic mass is 9.81. The van der Waals surface area contributed by atoms with Crippen LogP contribution in [-0.4, -0.2) is 43.1 Å². The molecule has 1 heterocycles. The molecule has 1 aliphatic carbocycles. The molecule has 2 atom stereocenters. The minimum absolute atomic E-state index is 0.00253. The molecule has 0 radical (unpaired) electrons. The summed E-state index contributed by atoms with van der Waals surface area (Å²) in [7, 11) is 0. The molecule has 1 aliphatic heterocycles. The molecule has 0 bridgehead atoms. The second kappa shape index (κ2) is 6.56. The number of fused-ring (bicyclic) bond motifs is 1. The van der Waals surface area contributed by atoms with Gasteiger partial charge in [-0.25, -0.2) is 19.0 Å². The predicted octanol–water partition coefficient (Wildman–Crippen LogP) is 3.49. The van der Waals surface area contributed by atoms with Crippen molar-refractivity contribution in [3.8, 4) is 0 Å². The van der Waals surface area contributed by atoms with E-state index in [9.17, 15) is 24.1 Å². The van der Waals surface area contributed by atoms with Gasteiger partial charge >= 0.3 is 12.2 Å². The Morgan fingerprint density at radius 1 is 1.38 bits per heavy atom. The number of imide groups is 1. The van der Waals surface area contributed by atoms with Crippen LogP contribution in [0.5, 0.6) is 0 Å². The van der Waals surface area contributed by atoms with Gasteiger partial charge in [-0.1, -0.05) is 18.2 Å². The zero-order valence-corrected chi connectivity index (χ0v) is 14.1. The molecule has 26 heavy (non-hydrogen) atoms. The number of aliphatic imine (C=N–C) groups is 1. The third-order valence-electron chi connectivity index (χ3n) is 4.70. The molecule has 2 amide bonds. The third-order valence-corrected chi connectivity index (χ3v) is 5.80. The summed E-state index contributed by atoms with van der Waals surface area (Å²) in [4.78, 5) is 37.4. The number of carboxylic acid groups (broad SMARTS) is 2. The van der Waals surface area contributed by atoms with Crippen molar-refractivity contribution < 1.29 is 29.1 Å². The molecule has 3 rings (SSSR count). The number of carbonyl (C=O) groups is 2. The Bertz CT molecular complexity index is 818. The number of non-ortho nitro benzene ring substituents is 1. The molecule has 0 spiro atoms. The first-order valence-electron chi connectivity index (χ1n) is 7.69. The van der Waals surface area contributed by atoms with Gasteiger partial charge in [0, 0.05) is 23.4 Å². The van der Waals surface area contributed by atoms with Crippen LogP contribution in [0.2, 0.25) is 0 Å². The first-order valence-corrected chi connectivity index (χ1v) is 8.68. The van der Waals surface area contributed by atoms with Gasteiger partial charge in [0.15, 0.2) is 5.17 Å². The number of benzene rings is 1. The largest absolute Gasteiger partial charge is 0.464 e. The highest BCUT2D eigenvalue weighted by atomic mass is 32.2. The summed E-state index contributed by atoms with van der Waals surface area (Å²) >= 11 is 0.972. The minimum Gasteiger partial charge on any atom is -0.464 e. The second-order valence-corrected chi connectivity index (χ2v) is 7.03. The molecule has 1 fully saturated rings. The van der Waals surface area contributed by atoms with Gasteiger partial charge < -0.3 is 10.2 Å². The lowest BCUT2D eigenvalue weighted by Crippen LogP contribution is -2.44. The average molecular weight is 383 g/mol. The van der Waals surface area contributed by atoms with Crippen LogP contribution >= 0.6 is 11.8 Å². The van der Waals surface area contributed by atoms with Crippen molar-refractivity contribution in [3.63, 3.8) is 0 Å². The van der Waals surface area contributed by atoms with Gasteiger partial charge in [-0.05, 0) is 24.8 Å². The average Bonchev–Trinajstić information content (AvgIpc) is 2.98. The lowest BCUT2D eigenvalue weighted by Gasteiger charge is -2.37. The number of nitrogens with zero attached hydrogens (tertiary/aromatic N) is 3. The number of hydrogen-bond donors (Lipinski definition) is 2. The monoisotopic (exact) mass is 383 g/mol. The number of thioether (sulfide) groups is 1. The molecule has 1 aromatic rings. The summed E-state index contributed by atoms with van der Waals surface area (Å²) in [6, 6.07) is 3.14. The fraction of sp³-hybridized carbons (Fsp3) is 0.400. The highest BCUT2D eigenvalue weighted by molar-refractivity contribution is 8.13. The number of rotatable bonds is 2. The van der Waals surface area contributed by atoms with E-state index in [2.05, 4.69) is 4.99 Å². The van der Waals surface area contributed by atoms with Crippen molar-refractivity contribution in [1.29, 1.82) is 0 Å². The number of amidine groups is 1. The molecule has 0 saturated heterocycles. The lowest BCUT2D eigenvalue weighted by molar-refractivity contribution is -0.385. The smallest absolute Gasteiger partial charge is 0.423 e. The van der Waals surface area contributed by atoms with Crippen LogP contribution < -0.4 is 0 Å². The van der Waals surface area contributed by atoms with E-state index < -0.39 is 28.5 Å². The topological polar surface area (TPSA) is 133 Å². The van der Waals surface area contributed by atoms with Crippen molar-refractivity contribution in [2.45, 2.75) is 24.8 Å². The van der Waals surface area contributed by atoms with Crippen LogP contribution in [0.3, 0.4) is 0 Å². The molecule has 1 saturated carbocycles. The number of nitro benzene ring substituents is 1. The quantitative estimate of drug-likeness (QED) is 0.590. The van der Waals surface area contributed by atoms with Crippen LogP contribution in [0.1, 0.15) is 24.8 Å². The van der Waals surface area contributed by atoms with Crippen molar-refractivity contribution in [1.82, 2.24) is 4.90 Å². The molecule has 2 aliphatic rings. The molecule has 2 N–H and O–H groups in total. The fourth-order valence-electron chi connectivity index (χ4n) is 3.54. The van der Waals surface area contributed by atoms with Gasteiger partial charge in [-0.15, -0.1) is 0 Å². The summed E-state index contributed by atoms with van der Waals surface area (Å²) in [5.74, 6) is -0.509. The van der Waals surface area contributed by atoms with Crippen molar-refractivity contribution in [2.75, 3.05) is 5.75 Å². The molecule has 0 aromatic heterocycles. The molecular weight excluding hydrogens is 369 g/mol. The highest BCUT2D eigenvalue weighted by Crippen LogP contribution is 2.52. The van der Waals surface area contributed by atoms with E-state index in [1.807, 2.05) is 0 Å². The Labute approximate surface area is 150 Å². The van der Waals surface area contributed by atoms with E-state index in [0.717, 1.165) is 30.0 Å². The Morgan fingerprint density at radius 3 is 2.69 bits per heavy atom. The zero-order valence-electron chi connectivity index (χ0n) is 13.3. The Hall–Kier alpha value is -2.69. The second-order valence-electron chi connectivity index (χ2n) is 6.04. The van der Waals surface area contributed by atoms with E-state index in [1.165, 1.54) is 0 Å². The van der Waals surface area contributed by atoms with Gasteiger partial charge in [0.05, 0.1) is 10.5 Å². The summed E-state index contributed by atoms with van der Waals surface area (Å²) < 4.78 is 14.6. The zero-order chi connectivity index (χ0) is 19.1. The van der Waals surface area contributed by atoms with Crippen LogP contribution in [0.4, 0.5) is 19.7 Å². The third kappa shape index (κ3) is 2.87. The van der Waals surface area contributed by atoms with Crippen molar-refractivity contribution >= 4 is 34.8 Å². The SMILES string of the molecule is O=C(O)N(C(=O)O)C1=N[C@@]2(c3cc([N+](=O)[O-])ccc3F)CCC[C@H]2CS1. The normalized spacial score (nSPS) is 24.5. The fourth-order valence-corrected chi connectivity index (χ4v) is 4.85. The number of amides is 2. The van der Waals surface area contributed by atoms with Gasteiger partial charge in [-0.3, -0.25) is 10.1 Å². The molecule has 0 unspecified atom stereocenters. The van der Waals surface area contributed by atoms with E-state index in [0.29, 0.717) is 25.0 Å². The predicted molar refractivity (Wildman–Crippen MR) is 89.9 cm³/mol. The van der Waals surface area contributed by atoms with E-state index in [4.69, 9.17) is 10.2 Å². The summed E-state index contributed by atoms with van der Waals surface area (Å²) in [6.07, 6.45) is -1.71. The number of halogens is 1. The molecule has 11 heteroatoms. The van der Waals surface area contributed by atoms with Gasteiger partial charge in [0.25, 0.3) is 5.69 Å². The first kappa shape index (κ1) is 18.1. The minimum atomic E-state index is -1.71. The van der Waals surface area contributed by atoms with Crippen LogP contribution in [0.25, 0.3) is 0 Å². The summed E-state index contributed by atoms with van der Waals surface area (Å²) in [6.45, 7) is 0. The Balaban J connectivity index is 2.17. The number of hydrogen-bond acceptors (Lipinski definition) is 6. The maximum absolute atomic E-state index is 14.6. The van der Waals surface area contributed by atoms with E-state index >= 15 is 0 Å². The van der Waals surface area contributed by atoms with Gasteiger partial charge in [0.1, 0.15) is 5.82 Å². The molecule has 9 nitrogen and oxygen atoms in total. The van der Waals surface area contributed by atoms with Crippen molar-refractivity contribution in [2.24, 2.45) is 10.9 Å². The van der Waals surface area contributed by atoms with Crippen LogP contribution in [0, 0.1) is 21.8 Å². The maximum atomic E-state index is 14.6. The van der Waals surface area contributed by atoms with Crippen molar-refractivity contribution in [3.05, 3.63) is 39.7 Å². The van der Waals surface area contributed by atoms with E-state index in [-0.39, 0.29) is 27.2 Å². The summed E-state index contributed by atoms with van der Waals surface area (Å²) in [5, 5.41) is 29.1. The molecule has 1 aromatic carbocycles. The number of nitro groups is 1. The van der Waals surface area contributed by atoms with Crippen LogP contribution in [0.15, 0.2) is 23.2 Å². The summed E-state index contributed by atoms with van der Waals surface area (Å²) in [5.41, 5.74) is -1.51. The Morgan fingerprint density at radius 2 is 2.08 bits per heavy atom. The Kier molecular flexibility index (Phi) is 4.57. The molecule has 138 valence electrons.